The summed E-state index contributed by atoms with van der Waals surface area (Å²) in [6.07, 6.45) is 0. The number of nitrogens with one attached hydrogen (secondary N) is 1. The Bertz CT molecular complexity index is 941. The fourth-order valence-corrected chi connectivity index (χ4v) is 3.28. The van der Waals surface area contributed by atoms with Gasteiger partial charge in [0.1, 0.15) is 5.75 Å². The van der Waals surface area contributed by atoms with Gasteiger partial charge in [-0.1, -0.05) is 48.5 Å². The lowest BCUT2D eigenvalue weighted by Crippen LogP contribution is -2.31. The second-order valence-corrected chi connectivity index (χ2v) is 6.85. The van der Waals surface area contributed by atoms with Crippen molar-refractivity contribution in [1.29, 1.82) is 0 Å². The van der Waals surface area contributed by atoms with E-state index in [0.717, 1.165) is 22.1 Å². The van der Waals surface area contributed by atoms with Gasteiger partial charge in [-0.2, -0.15) is 0 Å². The van der Waals surface area contributed by atoms with Gasteiger partial charge in [0, 0.05) is 5.39 Å². The van der Waals surface area contributed by atoms with Crippen LogP contribution >= 0.6 is 0 Å². The molecule has 0 fully saturated rings. The van der Waals surface area contributed by atoms with Crippen LogP contribution < -0.4 is 10.1 Å². The maximum Gasteiger partial charge on any atom is 0.258 e. The molecular weight excluding hydrogens is 322 g/mol. The largest absolute Gasteiger partial charge is 0.483 e. The lowest BCUT2D eigenvalue weighted by atomic mass is 9.96. The van der Waals surface area contributed by atoms with E-state index in [9.17, 15) is 4.79 Å². The predicted octanol–water partition coefficient (Wildman–Crippen LogP) is 5.02. The van der Waals surface area contributed by atoms with Crippen LogP contribution in [0.3, 0.4) is 0 Å². The highest BCUT2D eigenvalue weighted by Gasteiger charge is 2.14. The quantitative estimate of drug-likeness (QED) is 0.704. The average molecular weight is 347 g/mol. The highest BCUT2D eigenvalue weighted by Crippen LogP contribution is 2.25. The van der Waals surface area contributed by atoms with Gasteiger partial charge in [0.2, 0.25) is 0 Å². The second-order valence-electron chi connectivity index (χ2n) is 6.85. The standard InChI is InChI=1S/C23H25NO2/c1-15-12-17(3)21(13-16(15)2)18(4)24-23(25)14-26-22-11-7-9-19-8-5-6-10-20(19)22/h5-13,18H,14H2,1-4H3,(H,24,25)/t18-/m1/s1. The number of carbonyl (C=O) groups excluding carboxylic acids is 1. The second kappa shape index (κ2) is 7.61. The van der Waals surface area contributed by atoms with Crippen LogP contribution in [0.2, 0.25) is 0 Å². The summed E-state index contributed by atoms with van der Waals surface area (Å²) in [4.78, 5) is 12.4. The van der Waals surface area contributed by atoms with Gasteiger partial charge in [0.05, 0.1) is 6.04 Å². The molecule has 0 radical (unpaired) electrons. The minimum atomic E-state index is -0.122. The molecule has 134 valence electrons. The van der Waals surface area contributed by atoms with Crippen molar-refractivity contribution in [2.45, 2.75) is 33.7 Å². The Labute approximate surface area is 155 Å². The molecule has 26 heavy (non-hydrogen) atoms. The number of benzene rings is 3. The Kier molecular flexibility index (Phi) is 5.27. The molecule has 3 rings (SSSR count). The van der Waals surface area contributed by atoms with Crippen LogP contribution in [0.5, 0.6) is 5.75 Å². The summed E-state index contributed by atoms with van der Waals surface area (Å²) in [6.45, 7) is 8.29. The van der Waals surface area contributed by atoms with Crippen molar-refractivity contribution in [3.8, 4) is 5.75 Å². The number of aryl methyl sites for hydroxylation is 3. The molecular formula is C23H25NO2. The summed E-state index contributed by atoms with van der Waals surface area (Å²) in [5, 5.41) is 5.15. The van der Waals surface area contributed by atoms with Crippen molar-refractivity contribution >= 4 is 16.7 Å². The van der Waals surface area contributed by atoms with Gasteiger partial charge >= 0.3 is 0 Å². The summed E-state index contributed by atoms with van der Waals surface area (Å²) < 4.78 is 5.78. The van der Waals surface area contributed by atoms with E-state index in [-0.39, 0.29) is 18.6 Å². The number of carbonyl (C=O) groups is 1. The molecule has 0 aliphatic carbocycles. The van der Waals surface area contributed by atoms with Gasteiger partial charge in [-0.05, 0) is 61.4 Å². The first-order valence-corrected chi connectivity index (χ1v) is 8.93. The first kappa shape index (κ1) is 18.0. The molecule has 1 N–H and O–H groups in total. The molecule has 0 saturated heterocycles. The Morgan fingerprint density at radius 2 is 1.65 bits per heavy atom. The van der Waals surface area contributed by atoms with E-state index in [1.54, 1.807) is 0 Å². The number of fused-ring (bicyclic) bond motifs is 1. The van der Waals surface area contributed by atoms with Crippen molar-refractivity contribution in [2.24, 2.45) is 0 Å². The monoisotopic (exact) mass is 347 g/mol. The van der Waals surface area contributed by atoms with Crippen molar-refractivity contribution in [1.82, 2.24) is 5.32 Å². The van der Waals surface area contributed by atoms with E-state index < -0.39 is 0 Å². The molecule has 3 aromatic rings. The number of rotatable bonds is 5. The highest BCUT2D eigenvalue weighted by atomic mass is 16.5. The lowest BCUT2D eigenvalue weighted by Gasteiger charge is -2.19. The van der Waals surface area contributed by atoms with Crippen molar-refractivity contribution in [2.75, 3.05) is 6.61 Å². The van der Waals surface area contributed by atoms with Crippen LogP contribution in [0.4, 0.5) is 0 Å². The van der Waals surface area contributed by atoms with Crippen molar-refractivity contribution in [3.63, 3.8) is 0 Å². The van der Waals surface area contributed by atoms with E-state index >= 15 is 0 Å². The fraction of sp³-hybridized carbons (Fsp3) is 0.261. The summed E-state index contributed by atoms with van der Waals surface area (Å²) in [7, 11) is 0. The van der Waals surface area contributed by atoms with Gasteiger partial charge in [-0.25, -0.2) is 0 Å². The first-order chi connectivity index (χ1) is 12.5. The zero-order chi connectivity index (χ0) is 18.7. The molecule has 0 unspecified atom stereocenters. The number of amides is 1. The average Bonchev–Trinajstić information content (AvgIpc) is 2.62. The molecule has 0 aliphatic rings. The summed E-state index contributed by atoms with van der Waals surface area (Å²) in [5.41, 5.74) is 4.84. The zero-order valence-corrected chi connectivity index (χ0v) is 15.8. The minimum Gasteiger partial charge on any atom is -0.483 e. The topological polar surface area (TPSA) is 38.3 Å². The molecule has 0 bridgehead atoms. The maximum atomic E-state index is 12.4. The fourth-order valence-electron chi connectivity index (χ4n) is 3.28. The van der Waals surface area contributed by atoms with Crippen LogP contribution in [0.1, 0.15) is 35.2 Å². The van der Waals surface area contributed by atoms with Gasteiger partial charge in [-0.3, -0.25) is 4.79 Å². The number of hydrogen-bond donors (Lipinski definition) is 1. The predicted molar refractivity (Wildman–Crippen MR) is 107 cm³/mol. The molecule has 0 heterocycles. The Balaban J connectivity index is 1.66. The minimum absolute atomic E-state index is 0.00222. The zero-order valence-electron chi connectivity index (χ0n) is 15.8. The molecule has 1 atom stereocenters. The molecule has 3 heteroatoms. The van der Waals surface area contributed by atoms with Crippen molar-refractivity contribution < 1.29 is 9.53 Å². The third-order valence-electron chi connectivity index (χ3n) is 4.83. The molecule has 1 amide bonds. The van der Waals surface area contributed by atoms with Gasteiger partial charge in [0.15, 0.2) is 6.61 Å². The summed E-state index contributed by atoms with van der Waals surface area (Å²) in [5.74, 6) is 0.608. The third-order valence-corrected chi connectivity index (χ3v) is 4.83. The smallest absolute Gasteiger partial charge is 0.258 e. The van der Waals surface area contributed by atoms with E-state index in [2.05, 4.69) is 38.2 Å². The molecule has 3 nitrogen and oxygen atoms in total. The maximum absolute atomic E-state index is 12.4. The summed E-state index contributed by atoms with van der Waals surface area (Å²) in [6, 6.07) is 18.1. The molecule has 3 aromatic carbocycles. The molecule has 0 aliphatic heterocycles. The van der Waals surface area contributed by atoms with Gasteiger partial charge in [0.25, 0.3) is 5.91 Å². The normalized spacial score (nSPS) is 12.0. The van der Waals surface area contributed by atoms with Gasteiger partial charge in [-0.15, -0.1) is 0 Å². The Hall–Kier alpha value is -2.81. The van der Waals surface area contributed by atoms with Gasteiger partial charge < -0.3 is 10.1 Å². The van der Waals surface area contributed by atoms with Crippen LogP contribution in [0.25, 0.3) is 10.8 Å². The van der Waals surface area contributed by atoms with Crippen molar-refractivity contribution in [3.05, 3.63) is 76.9 Å². The van der Waals surface area contributed by atoms with E-state index in [1.165, 1.54) is 16.7 Å². The van der Waals surface area contributed by atoms with E-state index in [0.29, 0.717) is 0 Å². The summed E-state index contributed by atoms with van der Waals surface area (Å²) >= 11 is 0. The van der Waals surface area contributed by atoms with Crippen LogP contribution in [0.15, 0.2) is 54.6 Å². The number of ether oxygens (including phenoxy) is 1. The van der Waals surface area contributed by atoms with E-state index in [4.69, 9.17) is 4.74 Å². The lowest BCUT2D eigenvalue weighted by molar-refractivity contribution is -0.123. The number of hydrogen-bond acceptors (Lipinski definition) is 2. The Morgan fingerprint density at radius 1 is 0.962 bits per heavy atom. The molecule has 0 spiro atoms. The van der Waals surface area contributed by atoms with E-state index in [1.807, 2.05) is 49.4 Å². The SMILES string of the molecule is Cc1cc(C)c([C@@H](C)NC(=O)COc2cccc3ccccc23)cc1C. The molecule has 0 saturated carbocycles. The van der Waals surface area contributed by atoms with Crippen LogP contribution in [-0.2, 0) is 4.79 Å². The van der Waals surface area contributed by atoms with Crippen LogP contribution in [-0.4, -0.2) is 12.5 Å². The third kappa shape index (κ3) is 3.88. The highest BCUT2D eigenvalue weighted by molar-refractivity contribution is 5.88. The molecule has 0 aromatic heterocycles. The van der Waals surface area contributed by atoms with Crippen LogP contribution in [0, 0.1) is 20.8 Å². The Morgan fingerprint density at radius 3 is 2.46 bits per heavy atom. The first-order valence-electron chi connectivity index (χ1n) is 8.93.